The summed E-state index contributed by atoms with van der Waals surface area (Å²) in [5, 5.41) is 0. The predicted octanol–water partition coefficient (Wildman–Crippen LogP) is 3.33. The van der Waals surface area contributed by atoms with Gasteiger partial charge in [-0.05, 0) is 57.8 Å². The van der Waals surface area contributed by atoms with Gasteiger partial charge in [0, 0.05) is 18.5 Å². The zero-order valence-electron chi connectivity index (χ0n) is 15.4. The molecule has 2 aromatic rings. The largest absolute Gasteiger partial charge is 0.447 e. The molecule has 1 aliphatic carbocycles. The highest BCUT2D eigenvalue weighted by Crippen LogP contribution is 2.41. The van der Waals surface area contributed by atoms with Crippen LogP contribution in [0.5, 0.6) is 0 Å². The SMILES string of the molecule is CN1CCC(N(CCc2ccccc2)C(=O)c2ncoc2C2CC2)CC1. The van der Waals surface area contributed by atoms with Crippen molar-refractivity contribution in [3.63, 3.8) is 0 Å². The van der Waals surface area contributed by atoms with Crippen molar-refractivity contribution in [2.45, 2.75) is 44.1 Å². The van der Waals surface area contributed by atoms with Crippen LogP contribution in [0.3, 0.4) is 0 Å². The van der Waals surface area contributed by atoms with E-state index >= 15 is 0 Å². The second-order valence-corrected chi connectivity index (χ2v) is 7.61. The molecule has 0 unspecified atom stereocenters. The van der Waals surface area contributed by atoms with Gasteiger partial charge in [0.2, 0.25) is 0 Å². The van der Waals surface area contributed by atoms with E-state index in [-0.39, 0.29) is 11.9 Å². The first kappa shape index (κ1) is 17.3. The molecular formula is C21H27N3O2. The number of amides is 1. The van der Waals surface area contributed by atoms with E-state index in [0.29, 0.717) is 11.6 Å². The fraction of sp³-hybridized carbons (Fsp3) is 0.524. The fourth-order valence-corrected chi connectivity index (χ4v) is 3.84. The second-order valence-electron chi connectivity index (χ2n) is 7.61. The lowest BCUT2D eigenvalue weighted by Crippen LogP contribution is -2.47. The van der Waals surface area contributed by atoms with Crippen LogP contribution in [0.1, 0.15) is 53.4 Å². The zero-order valence-corrected chi connectivity index (χ0v) is 15.4. The van der Waals surface area contributed by atoms with Crippen molar-refractivity contribution in [1.29, 1.82) is 0 Å². The third kappa shape index (κ3) is 3.83. The lowest BCUT2D eigenvalue weighted by atomic mass is 10.0. The third-order valence-electron chi connectivity index (χ3n) is 5.62. The molecule has 26 heavy (non-hydrogen) atoms. The first-order valence-corrected chi connectivity index (χ1v) is 9.69. The van der Waals surface area contributed by atoms with Crippen molar-refractivity contribution >= 4 is 5.91 Å². The van der Waals surface area contributed by atoms with Crippen LogP contribution in [0.15, 0.2) is 41.1 Å². The topological polar surface area (TPSA) is 49.6 Å². The van der Waals surface area contributed by atoms with E-state index in [2.05, 4.69) is 46.1 Å². The number of aromatic nitrogens is 1. The summed E-state index contributed by atoms with van der Waals surface area (Å²) in [7, 11) is 2.15. The Labute approximate surface area is 155 Å². The van der Waals surface area contributed by atoms with Gasteiger partial charge in [-0.15, -0.1) is 0 Å². The molecule has 0 atom stereocenters. The Morgan fingerprint density at radius 1 is 1.19 bits per heavy atom. The van der Waals surface area contributed by atoms with Crippen molar-refractivity contribution in [2.75, 3.05) is 26.7 Å². The number of oxazole rings is 1. The Bertz CT molecular complexity index is 731. The van der Waals surface area contributed by atoms with Crippen molar-refractivity contribution in [3.8, 4) is 0 Å². The summed E-state index contributed by atoms with van der Waals surface area (Å²) in [6.45, 7) is 2.80. The van der Waals surface area contributed by atoms with E-state index in [0.717, 1.165) is 57.5 Å². The Hall–Kier alpha value is -2.14. The average molecular weight is 353 g/mol. The van der Waals surface area contributed by atoms with Gasteiger partial charge in [0.25, 0.3) is 5.91 Å². The molecule has 0 spiro atoms. The standard InChI is InChI=1S/C21H27N3O2/c1-23-12-10-18(11-13-23)24(14-9-16-5-3-2-4-6-16)21(25)19-20(17-7-8-17)26-15-22-19/h2-6,15,17-18H,7-14H2,1H3. The van der Waals surface area contributed by atoms with Gasteiger partial charge in [0.1, 0.15) is 5.76 Å². The van der Waals surface area contributed by atoms with Gasteiger partial charge in [-0.25, -0.2) is 4.98 Å². The summed E-state index contributed by atoms with van der Waals surface area (Å²) >= 11 is 0. The maximum atomic E-state index is 13.4. The molecular weight excluding hydrogens is 326 g/mol. The molecule has 0 N–H and O–H groups in total. The highest BCUT2D eigenvalue weighted by Gasteiger charge is 2.36. The number of carbonyl (C=O) groups excluding carboxylic acids is 1. The van der Waals surface area contributed by atoms with E-state index in [4.69, 9.17) is 4.42 Å². The van der Waals surface area contributed by atoms with Gasteiger partial charge >= 0.3 is 0 Å². The minimum absolute atomic E-state index is 0.0473. The molecule has 2 heterocycles. The molecule has 1 aromatic carbocycles. The second kappa shape index (κ2) is 7.62. The minimum atomic E-state index is 0.0473. The van der Waals surface area contributed by atoms with Gasteiger partial charge in [0.15, 0.2) is 12.1 Å². The summed E-state index contributed by atoms with van der Waals surface area (Å²) in [5.74, 6) is 1.24. The lowest BCUT2D eigenvalue weighted by Gasteiger charge is -2.37. The molecule has 1 aromatic heterocycles. The van der Waals surface area contributed by atoms with Crippen LogP contribution in [-0.4, -0.2) is 53.4 Å². The van der Waals surface area contributed by atoms with Crippen LogP contribution in [0.25, 0.3) is 0 Å². The lowest BCUT2D eigenvalue weighted by molar-refractivity contribution is 0.0587. The van der Waals surface area contributed by atoms with Crippen molar-refractivity contribution in [2.24, 2.45) is 0 Å². The maximum Gasteiger partial charge on any atom is 0.276 e. The molecule has 5 heteroatoms. The molecule has 1 amide bonds. The number of benzene rings is 1. The molecule has 4 rings (SSSR count). The number of nitrogens with zero attached hydrogens (tertiary/aromatic N) is 3. The quantitative estimate of drug-likeness (QED) is 0.799. The van der Waals surface area contributed by atoms with Gasteiger partial charge in [-0.2, -0.15) is 0 Å². The van der Waals surface area contributed by atoms with E-state index < -0.39 is 0 Å². The van der Waals surface area contributed by atoms with Gasteiger partial charge in [0.05, 0.1) is 0 Å². The Kier molecular flexibility index (Phi) is 5.07. The molecule has 138 valence electrons. The minimum Gasteiger partial charge on any atom is -0.447 e. The van der Waals surface area contributed by atoms with Gasteiger partial charge in [-0.3, -0.25) is 4.79 Å². The van der Waals surface area contributed by atoms with Crippen LogP contribution >= 0.6 is 0 Å². The van der Waals surface area contributed by atoms with Crippen LogP contribution in [0.4, 0.5) is 0 Å². The summed E-state index contributed by atoms with van der Waals surface area (Å²) in [4.78, 5) is 22.0. The Balaban J connectivity index is 1.53. The van der Waals surface area contributed by atoms with Crippen LogP contribution in [-0.2, 0) is 6.42 Å². The van der Waals surface area contributed by atoms with Crippen LogP contribution in [0.2, 0.25) is 0 Å². The number of piperidine rings is 1. The van der Waals surface area contributed by atoms with E-state index in [9.17, 15) is 4.79 Å². The highest BCUT2D eigenvalue weighted by molar-refractivity contribution is 5.93. The number of likely N-dealkylation sites (tertiary alicyclic amines) is 1. The molecule has 0 radical (unpaired) electrons. The van der Waals surface area contributed by atoms with Crippen LogP contribution < -0.4 is 0 Å². The number of hydrogen-bond donors (Lipinski definition) is 0. The summed E-state index contributed by atoms with van der Waals surface area (Å²) < 4.78 is 5.56. The van der Waals surface area contributed by atoms with Crippen LogP contribution in [0, 0.1) is 0 Å². The first-order valence-electron chi connectivity index (χ1n) is 9.69. The summed E-state index contributed by atoms with van der Waals surface area (Å²) in [5.41, 5.74) is 1.81. The molecule has 2 fully saturated rings. The Morgan fingerprint density at radius 2 is 1.92 bits per heavy atom. The number of carbonyl (C=O) groups is 1. The van der Waals surface area contributed by atoms with Gasteiger partial charge in [-0.1, -0.05) is 30.3 Å². The third-order valence-corrected chi connectivity index (χ3v) is 5.62. The smallest absolute Gasteiger partial charge is 0.276 e. The molecule has 1 saturated heterocycles. The normalized spacial score (nSPS) is 18.8. The van der Waals surface area contributed by atoms with Crippen molar-refractivity contribution in [1.82, 2.24) is 14.8 Å². The summed E-state index contributed by atoms with van der Waals surface area (Å²) in [6.07, 6.45) is 6.56. The van der Waals surface area contributed by atoms with Gasteiger partial charge < -0.3 is 14.2 Å². The molecule has 5 nitrogen and oxygen atoms in total. The molecule has 2 aliphatic rings. The molecule has 1 aliphatic heterocycles. The van der Waals surface area contributed by atoms with Crippen molar-refractivity contribution < 1.29 is 9.21 Å². The van der Waals surface area contributed by atoms with Crippen molar-refractivity contribution in [3.05, 3.63) is 53.7 Å². The monoisotopic (exact) mass is 353 g/mol. The predicted molar refractivity (Wildman–Crippen MR) is 100 cm³/mol. The Morgan fingerprint density at radius 3 is 2.62 bits per heavy atom. The molecule has 0 bridgehead atoms. The zero-order chi connectivity index (χ0) is 17.9. The van der Waals surface area contributed by atoms with E-state index in [1.165, 1.54) is 12.0 Å². The maximum absolute atomic E-state index is 13.4. The first-order chi connectivity index (χ1) is 12.7. The molecule has 1 saturated carbocycles. The van der Waals surface area contributed by atoms with E-state index in [1.54, 1.807) is 0 Å². The number of hydrogen-bond acceptors (Lipinski definition) is 4. The van der Waals surface area contributed by atoms with E-state index in [1.807, 2.05) is 6.07 Å². The average Bonchev–Trinajstić information content (AvgIpc) is 3.40. The number of rotatable bonds is 6. The summed E-state index contributed by atoms with van der Waals surface area (Å²) in [6, 6.07) is 10.7. The highest BCUT2D eigenvalue weighted by atomic mass is 16.3. The fourth-order valence-electron chi connectivity index (χ4n) is 3.84.